The van der Waals surface area contributed by atoms with Gasteiger partial charge in [-0.2, -0.15) is 0 Å². The molecule has 0 spiro atoms. The highest BCUT2D eigenvalue weighted by molar-refractivity contribution is 5.79. The van der Waals surface area contributed by atoms with Crippen LogP contribution in [-0.4, -0.2) is 62.4 Å². The van der Waals surface area contributed by atoms with Crippen LogP contribution in [0.1, 0.15) is 19.8 Å². The lowest BCUT2D eigenvalue weighted by atomic mass is 10.0. The average Bonchev–Trinajstić information content (AvgIpc) is 2.84. The summed E-state index contributed by atoms with van der Waals surface area (Å²) >= 11 is 0. The van der Waals surface area contributed by atoms with Crippen LogP contribution >= 0.6 is 0 Å². The molecule has 1 amide bonds. The first kappa shape index (κ1) is 14.3. The second kappa shape index (κ2) is 6.34. The van der Waals surface area contributed by atoms with Gasteiger partial charge in [-0.15, -0.1) is 0 Å². The predicted molar refractivity (Wildman–Crippen MR) is 66.5 cm³/mol. The lowest BCUT2D eigenvalue weighted by molar-refractivity contribution is -0.151. The van der Waals surface area contributed by atoms with Gasteiger partial charge < -0.3 is 19.1 Å². The van der Waals surface area contributed by atoms with Crippen molar-refractivity contribution < 1.29 is 23.8 Å². The van der Waals surface area contributed by atoms with Crippen LogP contribution in [0.15, 0.2) is 0 Å². The first-order chi connectivity index (χ1) is 9.10. The van der Waals surface area contributed by atoms with Gasteiger partial charge in [0.05, 0.1) is 44.9 Å². The maximum Gasteiger partial charge on any atom is 0.308 e. The lowest BCUT2D eigenvalue weighted by Crippen LogP contribution is -2.48. The van der Waals surface area contributed by atoms with Gasteiger partial charge in [-0.3, -0.25) is 9.59 Å². The zero-order valence-electron chi connectivity index (χ0n) is 11.5. The third-order valence-corrected chi connectivity index (χ3v) is 3.62. The molecule has 2 rings (SSSR count). The minimum Gasteiger partial charge on any atom is -0.469 e. The molecule has 19 heavy (non-hydrogen) atoms. The van der Waals surface area contributed by atoms with E-state index in [9.17, 15) is 9.59 Å². The van der Waals surface area contributed by atoms with Crippen molar-refractivity contribution in [1.82, 2.24) is 4.90 Å². The molecule has 0 aliphatic carbocycles. The van der Waals surface area contributed by atoms with Crippen LogP contribution in [-0.2, 0) is 23.8 Å². The highest BCUT2D eigenvalue weighted by Gasteiger charge is 2.34. The molecule has 2 fully saturated rings. The molecule has 0 aromatic rings. The molecule has 2 saturated heterocycles. The molecular formula is C13H21NO5. The summed E-state index contributed by atoms with van der Waals surface area (Å²) in [6.45, 7) is 3.99. The number of hydrogen-bond donors (Lipinski definition) is 0. The number of ether oxygens (including phenoxy) is 3. The third-order valence-electron chi connectivity index (χ3n) is 3.62. The number of esters is 1. The van der Waals surface area contributed by atoms with E-state index in [1.165, 1.54) is 7.11 Å². The summed E-state index contributed by atoms with van der Waals surface area (Å²) in [4.78, 5) is 25.3. The first-order valence-electron chi connectivity index (χ1n) is 6.69. The molecule has 0 saturated carbocycles. The summed E-state index contributed by atoms with van der Waals surface area (Å²) in [7, 11) is 1.35. The molecule has 2 aliphatic heterocycles. The van der Waals surface area contributed by atoms with Gasteiger partial charge in [-0.05, 0) is 13.3 Å². The molecule has 108 valence electrons. The molecule has 2 heterocycles. The largest absolute Gasteiger partial charge is 0.469 e. The predicted octanol–water partition coefficient (Wildman–Crippen LogP) is 0.202. The Hall–Kier alpha value is -1.14. The summed E-state index contributed by atoms with van der Waals surface area (Å²) in [5.41, 5.74) is 0. The highest BCUT2D eigenvalue weighted by atomic mass is 16.5. The molecule has 3 unspecified atom stereocenters. The molecule has 2 aliphatic rings. The van der Waals surface area contributed by atoms with Crippen LogP contribution < -0.4 is 0 Å². The van der Waals surface area contributed by atoms with Gasteiger partial charge in [0.15, 0.2) is 0 Å². The van der Waals surface area contributed by atoms with Crippen LogP contribution in [0.5, 0.6) is 0 Å². The number of amides is 1. The van der Waals surface area contributed by atoms with Crippen molar-refractivity contribution in [3.05, 3.63) is 0 Å². The zero-order valence-corrected chi connectivity index (χ0v) is 11.5. The molecule has 0 bridgehead atoms. The summed E-state index contributed by atoms with van der Waals surface area (Å²) in [6, 6.07) is 0. The van der Waals surface area contributed by atoms with Gasteiger partial charge in [0.2, 0.25) is 5.91 Å². The van der Waals surface area contributed by atoms with Crippen molar-refractivity contribution >= 4 is 11.9 Å². The Morgan fingerprint density at radius 1 is 1.37 bits per heavy atom. The van der Waals surface area contributed by atoms with Crippen LogP contribution in [0.4, 0.5) is 0 Å². The quantitative estimate of drug-likeness (QED) is 0.686. The fourth-order valence-electron chi connectivity index (χ4n) is 2.56. The molecule has 3 atom stereocenters. The average molecular weight is 271 g/mol. The van der Waals surface area contributed by atoms with E-state index in [1.54, 1.807) is 4.90 Å². The zero-order chi connectivity index (χ0) is 13.8. The summed E-state index contributed by atoms with van der Waals surface area (Å²) < 4.78 is 15.5. The lowest BCUT2D eigenvalue weighted by Gasteiger charge is -2.33. The van der Waals surface area contributed by atoms with E-state index in [1.807, 2.05) is 6.92 Å². The van der Waals surface area contributed by atoms with E-state index in [-0.39, 0.29) is 36.4 Å². The fraction of sp³-hybridized carbons (Fsp3) is 0.846. The van der Waals surface area contributed by atoms with Crippen LogP contribution in [0.2, 0.25) is 0 Å². The Balaban J connectivity index is 1.86. The maximum absolute atomic E-state index is 12.3. The van der Waals surface area contributed by atoms with E-state index in [0.717, 1.165) is 6.42 Å². The Labute approximate surface area is 113 Å². The standard InChI is InChI=1S/C13H21NO5/c1-9-5-10(8-19-9)13(16)14-3-4-18-11(7-14)6-12(15)17-2/h9-11H,3-8H2,1-2H3. The number of carbonyl (C=O) groups excluding carboxylic acids is 2. The molecule has 0 aromatic heterocycles. The Bertz CT molecular complexity index is 346. The smallest absolute Gasteiger partial charge is 0.308 e. The van der Waals surface area contributed by atoms with E-state index in [0.29, 0.717) is 26.3 Å². The summed E-state index contributed by atoms with van der Waals surface area (Å²) in [6.07, 6.45) is 0.862. The number of morpholine rings is 1. The number of hydrogen-bond acceptors (Lipinski definition) is 5. The van der Waals surface area contributed by atoms with Gasteiger partial charge in [-0.25, -0.2) is 0 Å². The molecule has 0 aromatic carbocycles. The van der Waals surface area contributed by atoms with Crippen LogP contribution in [0.3, 0.4) is 0 Å². The van der Waals surface area contributed by atoms with Gasteiger partial charge in [-0.1, -0.05) is 0 Å². The van der Waals surface area contributed by atoms with Gasteiger partial charge >= 0.3 is 5.97 Å². The number of rotatable bonds is 3. The molecular weight excluding hydrogens is 250 g/mol. The van der Waals surface area contributed by atoms with Crippen molar-refractivity contribution in [1.29, 1.82) is 0 Å². The Morgan fingerprint density at radius 2 is 2.16 bits per heavy atom. The second-order valence-electron chi connectivity index (χ2n) is 5.13. The van der Waals surface area contributed by atoms with Crippen LogP contribution in [0.25, 0.3) is 0 Å². The fourth-order valence-corrected chi connectivity index (χ4v) is 2.56. The second-order valence-corrected chi connectivity index (χ2v) is 5.13. The van der Waals surface area contributed by atoms with Gasteiger partial charge in [0, 0.05) is 13.1 Å². The Morgan fingerprint density at radius 3 is 2.79 bits per heavy atom. The number of nitrogens with zero attached hydrogens (tertiary/aromatic N) is 1. The first-order valence-corrected chi connectivity index (χ1v) is 6.69. The maximum atomic E-state index is 12.3. The minimum absolute atomic E-state index is 0.0492. The number of carbonyl (C=O) groups is 2. The van der Waals surface area contributed by atoms with Crippen LogP contribution in [0, 0.1) is 5.92 Å². The third kappa shape index (κ3) is 3.67. The molecule has 6 nitrogen and oxygen atoms in total. The molecule has 6 heteroatoms. The Kier molecular flexibility index (Phi) is 4.76. The highest BCUT2D eigenvalue weighted by Crippen LogP contribution is 2.22. The molecule has 0 radical (unpaired) electrons. The monoisotopic (exact) mass is 271 g/mol. The van der Waals surface area contributed by atoms with E-state index in [4.69, 9.17) is 9.47 Å². The van der Waals surface area contributed by atoms with Crippen molar-refractivity contribution in [2.45, 2.75) is 32.0 Å². The summed E-state index contributed by atoms with van der Waals surface area (Å²) in [5, 5.41) is 0. The molecule has 0 N–H and O–H groups in total. The normalized spacial score (nSPS) is 31.3. The van der Waals surface area contributed by atoms with Crippen molar-refractivity contribution in [2.24, 2.45) is 5.92 Å². The van der Waals surface area contributed by atoms with Gasteiger partial charge in [0.1, 0.15) is 0 Å². The van der Waals surface area contributed by atoms with E-state index in [2.05, 4.69) is 4.74 Å². The summed E-state index contributed by atoms with van der Waals surface area (Å²) in [5.74, 6) is -0.244. The topological polar surface area (TPSA) is 65.1 Å². The minimum atomic E-state index is -0.308. The van der Waals surface area contributed by atoms with Gasteiger partial charge in [0.25, 0.3) is 0 Å². The van der Waals surface area contributed by atoms with Crippen molar-refractivity contribution in [3.8, 4) is 0 Å². The van der Waals surface area contributed by atoms with Crippen molar-refractivity contribution in [3.63, 3.8) is 0 Å². The van der Waals surface area contributed by atoms with E-state index >= 15 is 0 Å². The van der Waals surface area contributed by atoms with E-state index < -0.39 is 0 Å². The van der Waals surface area contributed by atoms with Crippen molar-refractivity contribution in [2.75, 3.05) is 33.4 Å². The SMILES string of the molecule is COC(=O)CC1CN(C(=O)C2COC(C)C2)CCO1. The number of methoxy groups -OCH3 is 1.